The molecule has 0 saturated heterocycles. The first kappa shape index (κ1) is 11.6. The molecule has 72 valence electrons. The van der Waals surface area contributed by atoms with E-state index in [0.717, 1.165) is 0 Å². The molecule has 0 fully saturated rings. The first-order valence-electron chi connectivity index (χ1n) is 4.24. The second kappa shape index (κ2) is 3.95. The summed E-state index contributed by atoms with van der Waals surface area (Å²) in [4.78, 5) is 0. The van der Waals surface area contributed by atoms with Gasteiger partial charge in [-0.05, 0) is 0 Å². The quantitative estimate of drug-likeness (QED) is 0.455. The van der Waals surface area contributed by atoms with Crippen LogP contribution in [0.15, 0.2) is 30.3 Å². The molecule has 3 heteroatoms. The average Bonchev–Trinajstić information content (AvgIpc) is 2.04. The van der Waals surface area contributed by atoms with Gasteiger partial charge in [-0.3, -0.25) is 0 Å². The zero-order chi connectivity index (χ0) is 10.1. The summed E-state index contributed by atoms with van der Waals surface area (Å²) >= 11 is 8.10. The van der Waals surface area contributed by atoms with Crippen LogP contribution in [0.3, 0.4) is 0 Å². The van der Waals surface area contributed by atoms with Crippen LogP contribution in [0, 0.1) is 0 Å². The predicted molar refractivity (Wildman–Crippen MR) is 67.5 cm³/mol. The molecular formula is C10H15PSSe. The van der Waals surface area contributed by atoms with Crippen LogP contribution in [0.4, 0.5) is 0 Å². The molecule has 13 heavy (non-hydrogen) atoms. The third kappa shape index (κ3) is 2.50. The van der Waals surface area contributed by atoms with Gasteiger partial charge in [-0.25, -0.2) is 0 Å². The summed E-state index contributed by atoms with van der Waals surface area (Å²) in [5.41, 5.74) is 0. The van der Waals surface area contributed by atoms with E-state index in [1.54, 1.807) is 0 Å². The van der Waals surface area contributed by atoms with Crippen LogP contribution >= 0.6 is 17.0 Å². The average molecular weight is 277 g/mol. The van der Waals surface area contributed by atoms with Crippen LogP contribution in [0.2, 0.25) is 0 Å². The zero-order valence-electron chi connectivity index (χ0n) is 8.19. The minimum absolute atomic E-state index is 0.220. The van der Waals surface area contributed by atoms with Gasteiger partial charge in [0.2, 0.25) is 0 Å². The molecule has 0 radical (unpaired) electrons. The van der Waals surface area contributed by atoms with Gasteiger partial charge in [0.25, 0.3) is 0 Å². The van der Waals surface area contributed by atoms with Crippen molar-refractivity contribution in [2.45, 2.75) is 25.9 Å². The van der Waals surface area contributed by atoms with E-state index in [1.807, 2.05) is 6.07 Å². The molecule has 0 unspecified atom stereocenters. The van der Waals surface area contributed by atoms with Crippen molar-refractivity contribution in [1.82, 2.24) is 0 Å². The van der Waals surface area contributed by atoms with Crippen molar-refractivity contribution in [3.05, 3.63) is 30.3 Å². The van der Waals surface area contributed by atoms with Crippen LogP contribution in [0.5, 0.6) is 0 Å². The Morgan fingerprint density at radius 3 is 2.00 bits per heavy atom. The van der Waals surface area contributed by atoms with Gasteiger partial charge >= 0.3 is 93.6 Å². The molecule has 0 aliphatic heterocycles. The second-order valence-electron chi connectivity index (χ2n) is 4.08. The van der Waals surface area contributed by atoms with Crippen molar-refractivity contribution < 1.29 is 0 Å². The summed E-state index contributed by atoms with van der Waals surface area (Å²) in [6.45, 7) is 6.70. The van der Waals surface area contributed by atoms with Gasteiger partial charge in [0, 0.05) is 0 Å². The van der Waals surface area contributed by atoms with E-state index in [0.29, 0.717) is 0 Å². The van der Waals surface area contributed by atoms with Crippen LogP contribution < -0.4 is 5.30 Å². The van der Waals surface area contributed by atoms with Gasteiger partial charge in [-0.2, -0.15) is 0 Å². The Labute approximate surface area is 93.5 Å². The summed E-state index contributed by atoms with van der Waals surface area (Å²) < 4.78 is -1.41. The molecule has 1 aromatic rings. The molecule has 0 amide bonds. The molecule has 1 aromatic carbocycles. The van der Waals surface area contributed by atoms with Crippen molar-refractivity contribution >= 4 is 37.4 Å². The third-order valence-corrected chi connectivity index (χ3v) is 12.1. The number of hydrogen-bond acceptors (Lipinski definition) is 1. The van der Waals surface area contributed by atoms with E-state index in [2.05, 4.69) is 60.1 Å². The van der Waals surface area contributed by atoms with Crippen molar-refractivity contribution in [3.8, 4) is 0 Å². The number of hydrogen-bond donors (Lipinski definition) is 1. The van der Waals surface area contributed by atoms with Crippen molar-refractivity contribution in [3.63, 3.8) is 0 Å². The van der Waals surface area contributed by atoms with Gasteiger partial charge in [-0.1, -0.05) is 0 Å². The Bertz CT molecular complexity index is 327. The summed E-state index contributed by atoms with van der Waals surface area (Å²) in [6.07, 6.45) is 0. The van der Waals surface area contributed by atoms with Gasteiger partial charge in [0.1, 0.15) is 0 Å². The molecule has 0 bridgehead atoms. The normalized spacial score (nSPS) is 16.6. The summed E-state index contributed by atoms with van der Waals surface area (Å²) in [6, 6.07) is 10.5. The predicted octanol–water partition coefficient (Wildman–Crippen LogP) is 3.06. The van der Waals surface area contributed by atoms with Gasteiger partial charge < -0.3 is 0 Å². The molecule has 0 heterocycles. The van der Waals surface area contributed by atoms with E-state index < -0.39 is 4.71 Å². The van der Waals surface area contributed by atoms with E-state index in [-0.39, 0.29) is 5.16 Å². The van der Waals surface area contributed by atoms with E-state index >= 15 is 0 Å². The molecule has 1 rings (SSSR count). The molecule has 0 aliphatic carbocycles. The fourth-order valence-corrected chi connectivity index (χ4v) is 3.53. The molecule has 0 N–H and O–H groups in total. The SMILES string of the molecule is CC(C)(C)[P@@](S)(=[Se])c1ccccc1. The standard InChI is InChI=1S/C10H15PSSe/c1-10(2,3)11(12,13)9-7-5-4-6-8-9/h4-8H,1-3H3,(H,12,13)/t11-/m0/s1. The van der Waals surface area contributed by atoms with E-state index in [9.17, 15) is 0 Å². The number of rotatable bonds is 1. The van der Waals surface area contributed by atoms with Crippen LogP contribution in [-0.4, -0.2) is 20.3 Å². The van der Waals surface area contributed by atoms with Gasteiger partial charge in [-0.15, -0.1) is 0 Å². The Balaban J connectivity index is 3.17. The van der Waals surface area contributed by atoms with E-state index in [4.69, 9.17) is 12.2 Å². The first-order valence-corrected chi connectivity index (χ1v) is 9.40. The molecule has 0 aromatic heterocycles. The molecule has 1 atom stereocenters. The minimum atomic E-state index is -1.41. The van der Waals surface area contributed by atoms with Crippen LogP contribution in [-0.2, 0) is 0 Å². The van der Waals surface area contributed by atoms with E-state index in [1.165, 1.54) is 5.30 Å². The third-order valence-electron chi connectivity index (χ3n) is 2.02. The second-order valence-corrected chi connectivity index (χ2v) is 14.2. The fraction of sp³-hybridized carbons (Fsp3) is 0.400. The summed E-state index contributed by atoms with van der Waals surface area (Å²) in [5.74, 6) is 0. The molecule has 0 spiro atoms. The molecule has 0 nitrogen and oxygen atoms in total. The Kier molecular flexibility index (Phi) is 3.52. The van der Waals surface area contributed by atoms with Crippen LogP contribution in [0.25, 0.3) is 0 Å². The van der Waals surface area contributed by atoms with Gasteiger partial charge in [0.05, 0.1) is 0 Å². The maximum atomic E-state index is 4.81. The Morgan fingerprint density at radius 2 is 1.62 bits per heavy atom. The summed E-state index contributed by atoms with van der Waals surface area (Å²) in [5, 5.41) is 1.56. The Hall–Kier alpha value is 0.519. The van der Waals surface area contributed by atoms with Crippen LogP contribution in [0.1, 0.15) is 20.8 Å². The number of thiol groups is 1. The summed E-state index contributed by atoms with van der Waals surface area (Å²) in [7, 11) is 0. The van der Waals surface area contributed by atoms with Gasteiger partial charge in [0.15, 0.2) is 0 Å². The maximum absolute atomic E-state index is 4.81. The Morgan fingerprint density at radius 1 is 1.15 bits per heavy atom. The van der Waals surface area contributed by atoms with Crippen molar-refractivity contribution in [2.75, 3.05) is 0 Å². The molecular weight excluding hydrogens is 262 g/mol. The monoisotopic (exact) mass is 278 g/mol. The van der Waals surface area contributed by atoms with Crippen molar-refractivity contribution in [2.24, 2.45) is 0 Å². The molecule has 0 aliphatic rings. The zero-order valence-corrected chi connectivity index (χ0v) is 11.7. The fourth-order valence-electron chi connectivity index (χ4n) is 1.02. The number of benzene rings is 1. The topological polar surface area (TPSA) is 0 Å². The first-order chi connectivity index (χ1) is 5.86. The van der Waals surface area contributed by atoms with Crippen molar-refractivity contribution in [1.29, 1.82) is 0 Å². The molecule has 0 saturated carbocycles.